The highest BCUT2D eigenvalue weighted by Gasteiger charge is 2.16. The van der Waals surface area contributed by atoms with Crippen LogP contribution in [0.4, 0.5) is 5.00 Å². The predicted molar refractivity (Wildman–Crippen MR) is 81.6 cm³/mol. The molecule has 0 saturated carbocycles. The Kier molecular flexibility index (Phi) is 5.05. The first-order valence-corrected chi connectivity index (χ1v) is 7.35. The number of hydrogen-bond donors (Lipinski definition) is 1. The molecule has 1 amide bonds. The lowest BCUT2D eigenvalue weighted by Crippen LogP contribution is -2.12. The van der Waals surface area contributed by atoms with Gasteiger partial charge in [-0.1, -0.05) is 0 Å². The highest BCUT2D eigenvalue weighted by atomic mass is 32.1. The Morgan fingerprint density at radius 1 is 1.33 bits per heavy atom. The standard InChI is InChI=1S/C15H16N2O3S/c1-10-12(15(19)20-2)9-21-14(10)17-13(18)4-3-11-5-7-16-8-6-11/h5-9H,3-4H2,1-2H3,(H,17,18). The van der Waals surface area contributed by atoms with E-state index >= 15 is 0 Å². The summed E-state index contributed by atoms with van der Waals surface area (Å²) in [5, 5.41) is 5.22. The molecule has 21 heavy (non-hydrogen) atoms. The average Bonchev–Trinajstić information content (AvgIpc) is 2.86. The van der Waals surface area contributed by atoms with Crippen molar-refractivity contribution in [1.82, 2.24) is 4.98 Å². The molecule has 0 aliphatic heterocycles. The minimum absolute atomic E-state index is 0.0758. The monoisotopic (exact) mass is 304 g/mol. The number of hydrogen-bond acceptors (Lipinski definition) is 5. The van der Waals surface area contributed by atoms with E-state index in [2.05, 4.69) is 15.0 Å². The van der Waals surface area contributed by atoms with Crippen LogP contribution in [0.15, 0.2) is 29.9 Å². The average molecular weight is 304 g/mol. The van der Waals surface area contributed by atoms with Gasteiger partial charge in [0, 0.05) is 24.2 Å². The van der Waals surface area contributed by atoms with E-state index in [-0.39, 0.29) is 11.9 Å². The highest BCUT2D eigenvalue weighted by molar-refractivity contribution is 7.14. The van der Waals surface area contributed by atoms with Gasteiger partial charge in [0.1, 0.15) is 0 Å². The summed E-state index contributed by atoms with van der Waals surface area (Å²) >= 11 is 1.33. The molecule has 0 radical (unpaired) electrons. The zero-order chi connectivity index (χ0) is 15.2. The van der Waals surface area contributed by atoms with Crippen LogP contribution in [-0.4, -0.2) is 24.0 Å². The fourth-order valence-electron chi connectivity index (χ4n) is 1.85. The summed E-state index contributed by atoms with van der Waals surface area (Å²) in [4.78, 5) is 27.4. The van der Waals surface area contributed by atoms with E-state index in [1.807, 2.05) is 12.1 Å². The van der Waals surface area contributed by atoms with Gasteiger partial charge in [0.2, 0.25) is 5.91 Å². The summed E-state index contributed by atoms with van der Waals surface area (Å²) < 4.78 is 4.69. The highest BCUT2D eigenvalue weighted by Crippen LogP contribution is 2.28. The summed E-state index contributed by atoms with van der Waals surface area (Å²) in [7, 11) is 1.34. The van der Waals surface area contributed by atoms with Gasteiger partial charge in [-0.3, -0.25) is 9.78 Å². The smallest absolute Gasteiger partial charge is 0.339 e. The number of anilines is 1. The lowest BCUT2D eigenvalue weighted by atomic mass is 10.1. The van der Waals surface area contributed by atoms with Gasteiger partial charge in [0.05, 0.1) is 17.7 Å². The van der Waals surface area contributed by atoms with E-state index < -0.39 is 0 Å². The van der Waals surface area contributed by atoms with E-state index in [0.29, 0.717) is 23.4 Å². The van der Waals surface area contributed by atoms with Crippen molar-refractivity contribution >= 4 is 28.2 Å². The molecule has 0 bridgehead atoms. The van der Waals surface area contributed by atoms with Gasteiger partial charge >= 0.3 is 5.97 Å². The molecule has 0 saturated heterocycles. The predicted octanol–water partition coefficient (Wildman–Crippen LogP) is 2.81. The maximum atomic E-state index is 12.0. The summed E-state index contributed by atoms with van der Waals surface area (Å²) in [5.41, 5.74) is 2.30. The number of nitrogens with zero attached hydrogens (tertiary/aromatic N) is 1. The summed E-state index contributed by atoms with van der Waals surface area (Å²) in [6.45, 7) is 1.79. The molecule has 1 N–H and O–H groups in total. The van der Waals surface area contributed by atoms with Crippen LogP contribution in [-0.2, 0) is 16.0 Å². The molecule has 0 atom stereocenters. The lowest BCUT2D eigenvalue weighted by molar-refractivity contribution is -0.116. The van der Waals surface area contributed by atoms with Gasteiger partial charge in [0.15, 0.2) is 0 Å². The zero-order valence-corrected chi connectivity index (χ0v) is 12.7. The van der Waals surface area contributed by atoms with Gasteiger partial charge in [-0.25, -0.2) is 4.79 Å². The molecular weight excluding hydrogens is 288 g/mol. The van der Waals surface area contributed by atoms with E-state index in [4.69, 9.17) is 0 Å². The molecule has 0 aliphatic rings. The first kappa shape index (κ1) is 15.2. The molecule has 0 unspecified atom stereocenters. The lowest BCUT2D eigenvalue weighted by Gasteiger charge is -2.05. The maximum absolute atomic E-state index is 12.0. The summed E-state index contributed by atoms with van der Waals surface area (Å²) in [6, 6.07) is 3.78. The van der Waals surface area contributed by atoms with Crippen molar-refractivity contribution < 1.29 is 14.3 Å². The third kappa shape index (κ3) is 3.88. The second kappa shape index (κ2) is 6.99. The number of methoxy groups -OCH3 is 1. The minimum Gasteiger partial charge on any atom is -0.465 e. The van der Waals surface area contributed by atoms with Crippen molar-refractivity contribution in [3.8, 4) is 0 Å². The number of aryl methyl sites for hydroxylation is 1. The first-order chi connectivity index (χ1) is 10.1. The second-order valence-corrected chi connectivity index (χ2v) is 5.38. The Morgan fingerprint density at radius 2 is 2.05 bits per heavy atom. The molecule has 0 spiro atoms. The molecule has 110 valence electrons. The number of nitrogens with one attached hydrogen (secondary N) is 1. The molecule has 0 fully saturated rings. The van der Waals surface area contributed by atoms with Crippen LogP contribution in [0, 0.1) is 6.92 Å². The molecule has 2 aromatic rings. The zero-order valence-electron chi connectivity index (χ0n) is 11.9. The van der Waals surface area contributed by atoms with Gasteiger partial charge in [-0.05, 0) is 36.6 Å². The Hall–Kier alpha value is -2.21. The number of rotatable bonds is 5. The molecule has 0 aromatic carbocycles. The van der Waals surface area contributed by atoms with Gasteiger partial charge in [-0.2, -0.15) is 0 Å². The molecule has 5 nitrogen and oxygen atoms in total. The normalized spacial score (nSPS) is 10.2. The SMILES string of the molecule is COC(=O)c1csc(NC(=O)CCc2ccncc2)c1C. The van der Waals surface area contributed by atoms with Gasteiger partial charge in [0.25, 0.3) is 0 Å². The van der Waals surface area contributed by atoms with Gasteiger partial charge in [-0.15, -0.1) is 11.3 Å². The molecule has 2 aromatic heterocycles. The topological polar surface area (TPSA) is 68.3 Å². The molecule has 6 heteroatoms. The van der Waals surface area contributed by atoms with Crippen LogP contribution >= 0.6 is 11.3 Å². The molecule has 2 heterocycles. The number of thiophene rings is 1. The number of aromatic nitrogens is 1. The Morgan fingerprint density at radius 3 is 2.71 bits per heavy atom. The van der Waals surface area contributed by atoms with Crippen molar-refractivity contribution in [2.24, 2.45) is 0 Å². The number of amides is 1. The van der Waals surface area contributed by atoms with Crippen molar-refractivity contribution in [3.63, 3.8) is 0 Å². The van der Waals surface area contributed by atoms with Crippen molar-refractivity contribution in [2.45, 2.75) is 19.8 Å². The molecule has 0 aliphatic carbocycles. The number of pyridine rings is 1. The summed E-state index contributed by atoms with van der Waals surface area (Å²) in [6.07, 6.45) is 4.45. The van der Waals surface area contributed by atoms with Crippen molar-refractivity contribution in [1.29, 1.82) is 0 Å². The number of ether oxygens (including phenoxy) is 1. The quantitative estimate of drug-likeness (QED) is 0.862. The third-order valence-corrected chi connectivity index (χ3v) is 4.09. The Balaban J connectivity index is 1.94. The number of carbonyl (C=O) groups is 2. The fourth-order valence-corrected chi connectivity index (χ4v) is 2.82. The second-order valence-electron chi connectivity index (χ2n) is 4.50. The van der Waals surface area contributed by atoms with Crippen LogP contribution in [0.25, 0.3) is 0 Å². The van der Waals surface area contributed by atoms with E-state index in [0.717, 1.165) is 11.1 Å². The molecular formula is C15H16N2O3S. The van der Waals surface area contributed by atoms with Gasteiger partial charge < -0.3 is 10.1 Å². The molecule has 2 rings (SSSR count). The minimum atomic E-state index is -0.388. The van der Waals surface area contributed by atoms with Crippen molar-refractivity contribution in [2.75, 3.05) is 12.4 Å². The maximum Gasteiger partial charge on any atom is 0.339 e. The Labute approximate surface area is 127 Å². The van der Waals surface area contributed by atoms with Crippen LogP contribution < -0.4 is 5.32 Å². The third-order valence-electron chi connectivity index (χ3n) is 3.09. The number of carbonyl (C=O) groups excluding carboxylic acids is 2. The van der Waals surface area contributed by atoms with Crippen LogP contribution in [0.5, 0.6) is 0 Å². The van der Waals surface area contributed by atoms with E-state index in [9.17, 15) is 9.59 Å². The Bertz CT molecular complexity index is 638. The first-order valence-electron chi connectivity index (χ1n) is 6.47. The summed E-state index contributed by atoms with van der Waals surface area (Å²) in [5.74, 6) is -0.464. The largest absolute Gasteiger partial charge is 0.465 e. The van der Waals surface area contributed by atoms with Crippen LogP contribution in [0.2, 0.25) is 0 Å². The number of esters is 1. The van der Waals surface area contributed by atoms with E-state index in [1.54, 1.807) is 24.7 Å². The fraction of sp³-hybridized carbons (Fsp3) is 0.267. The van der Waals surface area contributed by atoms with E-state index in [1.165, 1.54) is 18.4 Å². The van der Waals surface area contributed by atoms with Crippen LogP contribution in [0.3, 0.4) is 0 Å². The van der Waals surface area contributed by atoms with Crippen molar-refractivity contribution in [3.05, 3.63) is 46.6 Å². The van der Waals surface area contributed by atoms with Crippen LogP contribution in [0.1, 0.15) is 27.9 Å².